The van der Waals surface area contributed by atoms with Crippen molar-refractivity contribution in [3.63, 3.8) is 0 Å². The van der Waals surface area contributed by atoms with Gasteiger partial charge in [-0.25, -0.2) is 0 Å². The molecule has 0 heterocycles. The molecule has 0 radical (unpaired) electrons. The number of hydrogen-bond donors (Lipinski definition) is 0. The van der Waals surface area contributed by atoms with Crippen molar-refractivity contribution in [1.82, 2.24) is 0 Å². The van der Waals surface area contributed by atoms with Gasteiger partial charge in [0.2, 0.25) is 0 Å². The van der Waals surface area contributed by atoms with Crippen molar-refractivity contribution in [2.45, 2.75) is 26.4 Å². The van der Waals surface area contributed by atoms with E-state index in [1.165, 1.54) is 12.1 Å². The van der Waals surface area contributed by atoms with Gasteiger partial charge in [-0.3, -0.25) is 4.79 Å². The van der Waals surface area contributed by atoms with Gasteiger partial charge in [-0.2, -0.15) is 13.2 Å². The zero-order valence-electron chi connectivity index (χ0n) is 11.8. The lowest BCUT2D eigenvalue weighted by molar-refractivity contribution is -0.137. The molecule has 0 aliphatic carbocycles. The number of Topliss-reactive ketones (excluding diaryl/α,β-unsaturated/α-hetero) is 1. The molecule has 0 aromatic heterocycles. The number of aryl methyl sites for hydroxylation is 2. The van der Waals surface area contributed by atoms with Crippen molar-refractivity contribution < 1.29 is 18.0 Å². The molecular weight excluding hydrogens is 277 g/mol. The van der Waals surface area contributed by atoms with Gasteiger partial charge in [-0.05, 0) is 37.1 Å². The van der Waals surface area contributed by atoms with Crippen molar-refractivity contribution in [3.05, 3.63) is 70.3 Å². The Hall–Kier alpha value is -2.10. The maximum absolute atomic E-state index is 12.5. The Labute approximate surface area is 121 Å². The number of halogens is 3. The third-order valence-electron chi connectivity index (χ3n) is 3.39. The van der Waals surface area contributed by atoms with Crippen LogP contribution in [0.5, 0.6) is 0 Å². The molecule has 0 aliphatic heterocycles. The lowest BCUT2D eigenvalue weighted by atomic mass is 9.97. The Morgan fingerprint density at radius 3 is 2.19 bits per heavy atom. The van der Waals surface area contributed by atoms with E-state index in [1.807, 2.05) is 32.0 Å². The van der Waals surface area contributed by atoms with Crippen molar-refractivity contribution in [2.24, 2.45) is 0 Å². The van der Waals surface area contributed by atoms with Crippen LogP contribution in [0.4, 0.5) is 13.2 Å². The minimum absolute atomic E-state index is 0.183. The van der Waals surface area contributed by atoms with Crippen LogP contribution < -0.4 is 0 Å². The summed E-state index contributed by atoms with van der Waals surface area (Å²) in [5, 5.41) is 0. The summed E-state index contributed by atoms with van der Waals surface area (Å²) in [7, 11) is 0. The van der Waals surface area contributed by atoms with Crippen LogP contribution in [0.15, 0.2) is 42.5 Å². The van der Waals surface area contributed by atoms with Crippen LogP contribution in [-0.2, 0) is 12.6 Å². The highest BCUT2D eigenvalue weighted by Crippen LogP contribution is 2.29. The van der Waals surface area contributed by atoms with Gasteiger partial charge in [0, 0.05) is 12.0 Å². The van der Waals surface area contributed by atoms with Crippen molar-refractivity contribution in [2.75, 3.05) is 0 Å². The van der Waals surface area contributed by atoms with E-state index in [0.717, 1.165) is 28.8 Å². The fourth-order valence-electron chi connectivity index (χ4n) is 2.11. The minimum Gasteiger partial charge on any atom is -0.294 e. The fraction of sp³-hybridized carbons (Fsp3) is 0.235. The number of hydrogen-bond acceptors (Lipinski definition) is 1. The molecule has 21 heavy (non-hydrogen) atoms. The molecule has 0 saturated carbocycles. The predicted molar refractivity (Wildman–Crippen MR) is 75.4 cm³/mol. The predicted octanol–water partition coefficient (Wildman–Crippen LogP) is 4.75. The molecule has 0 bridgehead atoms. The molecule has 2 aromatic carbocycles. The van der Waals surface area contributed by atoms with Crippen molar-refractivity contribution in [1.29, 1.82) is 0 Å². The Kier molecular flexibility index (Phi) is 4.16. The third kappa shape index (κ3) is 3.72. The number of rotatable bonds is 3. The van der Waals surface area contributed by atoms with Crippen LogP contribution in [0.1, 0.15) is 32.6 Å². The minimum atomic E-state index is -4.38. The SMILES string of the molecule is Cc1ccc(C)c(CC(=O)c2ccc(C(F)(F)F)cc2)c1. The molecule has 0 fully saturated rings. The Morgan fingerprint density at radius 2 is 1.62 bits per heavy atom. The second-order valence-corrected chi connectivity index (χ2v) is 5.11. The first-order chi connectivity index (χ1) is 9.77. The van der Waals surface area contributed by atoms with E-state index in [1.54, 1.807) is 0 Å². The standard InChI is InChI=1S/C17H15F3O/c1-11-3-4-12(2)14(9-11)10-16(21)13-5-7-15(8-6-13)17(18,19)20/h3-9H,10H2,1-2H3. The maximum Gasteiger partial charge on any atom is 0.416 e. The van der Waals surface area contributed by atoms with E-state index in [0.29, 0.717) is 5.56 Å². The van der Waals surface area contributed by atoms with Crippen molar-refractivity contribution in [3.8, 4) is 0 Å². The Balaban J connectivity index is 2.19. The third-order valence-corrected chi connectivity index (χ3v) is 3.39. The van der Waals surface area contributed by atoms with E-state index in [4.69, 9.17) is 0 Å². The first-order valence-electron chi connectivity index (χ1n) is 6.54. The average Bonchev–Trinajstić information content (AvgIpc) is 2.42. The topological polar surface area (TPSA) is 17.1 Å². The van der Waals surface area contributed by atoms with Gasteiger partial charge in [0.05, 0.1) is 5.56 Å². The lowest BCUT2D eigenvalue weighted by Gasteiger charge is -2.09. The molecule has 4 heteroatoms. The summed E-state index contributed by atoms with van der Waals surface area (Å²) in [6.45, 7) is 3.85. The molecule has 0 atom stereocenters. The summed E-state index contributed by atoms with van der Waals surface area (Å²) in [5.41, 5.74) is 2.51. The van der Waals surface area contributed by atoms with Gasteiger partial charge in [-0.1, -0.05) is 35.9 Å². The zero-order chi connectivity index (χ0) is 15.6. The number of alkyl halides is 3. The molecule has 0 saturated heterocycles. The summed E-state index contributed by atoms with van der Waals surface area (Å²) in [6.07, 6.45) is -4.19. The van der Waals surface area contributed by atoms with Crippen LogP contribution in [0.3, 0.4) is 0 Å². The molecule has 0 N–H and O–H groups in total. The monoisotopic (exact) mass is 292 g/mol. The number of ketones is 1. The molecule has 0 unspecified atom stereocenters. The summed E-state index contributed by atoms with van der Waals surface area (Å²) in [4.78, 5) is 12.2. The molecule has 0 spiro atoms. The zero-order valence-corrected chi connectivity index (χ0v) is 11.8. The highest BCUT2D eigenvalue weighted by molar-refractivity contribution is 5.97. The van der Waals surface area contributed by atoms with Crippen LogP contribution >= 0.6 is 0 Å². The van der Waals surface area contributed by atoms with E-state index >= 15 is 0 Å². The van der Waals surface area contributed by atoms with Crippen LogP contribution in [0, 0.1) is 13.8 Å². The number of benzene rings is 2. The highest BCUT2D eigenvalue weighted by Gasteiger charge is 2.30. The van der Waals surface area contributed by atoms with E-state index < -0.39 is 11.7 Å². The summed E-state index contributed by atoms with van der Waals surface area (Å²) in [5.74, 6) is -0.183. The second-order valence-electron chi connectivity index (χ2n) is 5.11. The summed E-state index contributed by atoms with van der Waals surface area (Å²) >= 11 is 0. The van der Waals surface area contributed by atoms with Gasteiger partial charge in [-0.15, -0.1) is 0 Å². The van der Waals surface area contributed by atoms with Gasteiger partial charge in [0.15, 0.2) is 5.78 Å². The molecule has 110 valence electrons. The van der Waals surface area contributed by atoms with Crippen LogP contribution in [0.25, 0.3) is 0 Å². The molecule has 1 nitrogen and oxygen atoms in total. The van der Waals surface area contributed by atoms with Crippen LogP contribution in [-0.4, -0.2) is 5.78 Å². The normalized spacial score (nSPS) is 11.5. The molecule has 0 amide bonds. The molecule has 2 aromatic rings. The smallest absolute Gasteiger partial charge is 0.294 e. The van der Waals surface area contributed by atoms with Gasteiger partial charge >= 0.3 is 6.18 Å². The maximum atomic E-state index is 12.5. The molecule has 2 rings (SSSR count). The Bertz CT molecular complexity index is 655. The molecular formula is C17H15F3O. The first-order valence-corrected chi connectivity index (χ1v) is 6.54. The van der Waals surface area contributed by atoms with E-state index in [2.05, 4.69) is 0 Å². The fourth-order valence-corrected chi connectivity index (χ4v) is 2.11. The van der Waals surface area contributed by atoms with Crippen LogP contribution in [0.2, 0.25) is 0 Å². The van der Waals surface area contributed by atoms with E-state index in [9.17, 15) is 18.0 Å². The largest absolute Gasteiger partial charge is 0.416 e. The number of carbonyl (C=O) groups is 1. The summed E-state index contributed by atoms with van der Waals surface area (Å²) in [6, 6.07) is 10.2. The van der Waals surface area contributed by atoms with Gasteiger partial charge < -0.3 is 0 Å². The number of carbonyl (C=O) groups excluding carboxylic acids is 1. The molecule has 0 aliphatic rings. The summed E-state index contributed by atoms with van der Waals surface area (Å²) < 4.78 is 37.4. The van der Waals surface area contributed by atoms with Gasteiger partial charge in [0.1, 0.15) is 0 Å². The first kappa shape index (κ1) is 15.3. The highest BCUT2D eigenvalue weighted by atomic mass is 19.4. The van der Waals surface area contributed by atoms with Crippen molar-refractivity contribution >= 4 is 5.78 Å². The lowest BCUT2D eigenvalue weighted by Crippen LogP contribution is -2.08. The quantitative estimate of drug-likeness (QED) is 0.746. The second kappa shape index (κ2) is 5.72. The Morgan fingerprint density at radius 1 is 1.00 bits per heavy atom. The van der Waals surface area contributed by atoms with E-state index in [-0.39, 0.29) is 12.2 Å². The average molecular weight is 292 g/mol. The van der Waals surface area contributed by atoms with Gasteiger partial charge in [0.25, 0.3) is 0 Å².